The van der Waals surface area contributed by atoms with E-state index in [2.05, 4.69) is 17.6 Å². The second-order valence-corrected chi connectivity index (χ2v) is 7.06. The number of carbonyl (C=O) groups excluding carboxylic acids is 2. The first-order chi connectivity index (χ1) is 11.0. The Bertz CT molecular complexity index is 604. The third-order valence-corrected chi connectivity index (χ3v) is 5.10. The highest BCUT2D eigenvalue weighted by molar-refractivity contribution is 6.30. The number of urea groups is 1. The molecule has 1 saturated heterocycles. The zero-order valence-electron chi connectivity index (χ0n) is 13.4. The normalized spacial score (nSPS) is 27.7. The van der Waals surface area contributed by atoms with E-state index in [1.54, 1.807) is 11.9 Å². The molecule has 2 aliphatic rings. The summed E-state index contributed by atoms with van der Waals surface area (Å²) in [6, 6.07) is 6.84. The number of halogens is 1. The molecular formula is C17H22ClN3O2. The van der Waals surface area contributed by atoms with Crippen molar-refractivity contribution in [2.45, 2.75) is 31.8 Å². The smallest absolute Gasteiger partial charge is 0.315 e. The molecule has 3 rings (SSSR count). The van der Waals surface area contributed by atoms with Gasteiger partial charge in [0.25, 0.3) is 0 Å². The van der Waals surface area contributed by atoms with Crippen LogP contribution in [0.4, 0.5) is 4.79 Å². The highest BCUT2D eigenvalue weighted by Crippen LogP contribution is 2.47. The van der Waals surface area contributed by atoms with Gasteiger partial charge in [0.15, 0.2) is 0 Å². The summed E-state index contributed by atoms with van der Waals surface area (Å²) in [5, 5.41) is 6.53. The van der Waals surface area contributed by atoms with Crippen molar-refractivity contribution < 1.29 is 9.59 Å². The molecule has 124 valence electrons. The Hall–Kier alpha value is -1.75. The van der Waals surface area contributed by atoms with Crippen molar-refractivity contribution in [3.05, 3.63) is 34.9 Å². The van der Waals surface area contributed by atoms with Gasteiger partial charge in [0.1, 0.15) is 6.04 Å². The summed E-state index contributed by atoms with van der Waals surface area (Å²) in [5.74, 6) is 1.00. The fourth-order valence-electron chi connectivity index (χ4n) is 3.22. The van der Waals surface area contributed by atoms with Crippen molar-refractivity contribution in [1.29, 1.82) is 0 Å². The van der Waals surface area contributed by atoms with Gasteiger partial charge in [-0.2, -0.15) is 0 Å². The number of rotatable bonds is 4. The van der Waals surface area contributed by atoms with E-state index < -0.39 is 6.04 Å². The Morgan fingerprint density at radius 3 is 2.52 bits per heavy atom. The van der Waals surface area contributed by atoms with Crippen LogP contribution in [0.15, 0.2) is 24.3 Å². The van der Waals surface area contributed by atoms with Crippen LogP contribution in [0, 0.1) is 11.8 Å². The lowest BCUT2D eigenvalue weighted by Gasteiger charge is -2.21. The van der Waals surface area contributed by atoms with E-state index in [0.29, 0.717) is 29.8 Å². The third kappa shape index (κ3) is 3.61. The molecule has 23 heavy (non-hydrogen) atoms. The number of benzene rings is 1. The van der Waals surface area contributed by atoms with Gasteiger partial charge < -0.3 is 15.5 Å². The molecule has 1 aliphatic heterocycles. The molecule has 0 spiro atoms. The van der Waals surface area contributed by atoms with Crippen LogP contribution in [0.3, 0.4) is 0 Å². The molecule has 1 aromatic carbocycles. The number of hydrogen-bond donors (Lipinski definition) is 2. The van der Waals surface area contributed by atoms with Gasteiger partial charge in [-0.05, 0) is 42.4 Å². The molecule has 0 aromatic heterocycles. The minimum Gasteiger partial charge on any atom is -0.344 e. The molecule has 1 heterocycles. The van der Waals surface area contributed by atoms with Crippen molar-refractivity contribution in [3.8, 4) is 0 Å². The first kappa shape index (κ1) is 16.1. The van der Waals surface area contributed by atoms with E-state index in [9.17, 15) is 9.59 Å². The van der Waals surface area contributed by atoms with Crippen molar-refractivity contribution in [1.82, 2.24) is 15.5 Å². The predicted molar refractivity (Wildman–Crippen MR) is 89.2 cm³/mol. The van der Waals surface area contributed by atoms with E-state index in [1.807, 2.05) is 24.3 Å². The molecule has 1 aliphatic carbocycles. The number of likely N-dealkylation sites (tertiary alicyclic amines) is 1. The molecule has 0 unspecified atom stereocenters. The van der Waals surface area contributed by atoms with Crippen LogP contribution in [-0.4, -0.2) is 36.5 Å². The van der Waals surface area contributed by atoms with Gasteiger partial charge in [-0.1, -0.05) is 30.7 Å². The number of hydrogen-bond acceptors (Lipinski definition) is 2. The molecule has 1 saturated carbocycles. The van der Waals surface area contributed by atoms with E-state index >= 15 is 0 Å². The first-order valence-corrected chi connectivity index (χ1v) is 8.41. The lowest BCUT2D eigenvalue weighted by Crippen LogP contribution is -2.47. The van der Waals surface area contributed by atoms with Gasteiger partial charge >= 0.3 is 6.03 Å². The van der Waals surface area contributed by atoms with Crippen molar-refractivity contribution >= 4 is 23.5 Å². The standard InChI is InChI=1S/C17H22ClN3O2/c1-10-9-13(10)15(11-3-5-12(18)6-4-11)20-17(23)19-14-7-8-21(2)16(14)22/h3-6,10,13-15H,7-9H2,1-2H3,(H2,19,20,23)/t10-,13+,14+,15+/m1/s1. The quantitative estimate of drug-likeness (QED) is 0.888. The molecular weight excluding hydrogens is 314 g/mol. The third-order valence-electron chi connectivity index (χ3n) is 4.85. The first-order valence-electron chi connectivity index (χ1n) is 8.03. The van der Waals surface area contributed by atoms with Crippen LogP contribution in [0.1, 0.15) is 31.4 Å². The molecule has 5 nitrogen and oxygen atoms in total. The van der Waals surface area contributed by atoms with Gasteiger partial charge in [-0.3, -0.25) is 4.79 Å². The van der Waals surface area contributed by atoms with Crippen molar-refractivity contribution in [2.75, 3.05) is 13.6 Å². The monoisotopic (exact) mass is 335 g/mol. The fourth-order valence-corrected chi connectivity index (χ4v) is 3.35. The SMILES string of the molecule is C[C@@H]1C[C@@H]1[C@@H](NC(=O)N[C@H]1CCN(C)C1=O)c1ccc(Cl)cc1. The molecule has 1 aromatic rings. The maximum absolute atomic E-state index is 12.3. The highest BCUT2D eigenvalue weighted by Gasteiger charge is 2.41. The summed E-state index contributed by atoms with van der Waals surface area (Å²) in [7, 11) is 1.75. The van der Waals surface area contributed by atoms with Crippen LogP contribution in [-0.2, 0) is 4.79 Å². The summed E-state index contributed by atoms with van der Waals surface area (Å²) in [6.45, 7) is 2.87. The van der Waals surface area contributed by atoms with Crippen LogP contribution in [0.25, 0.3) is 0 Å². The van der Waals surface area contributed by atoms with Crippen molar-refractivity contribution in [3.63, 3.8) is 0 Å². The molecule has 0 bridgehead atoms. The van der Waals surface area contributed by atoms with Gasteiger partial charge in [0, 0.05) is 18.6 Å². The molecule has 2 fully saturated rings. The Morgan fingerprint density at radius 2 is 2.00 bits per heavy atom. The molecule has 2 N–H and O–H groups in total. The Balaban J connectivity index is 1.65. The zero-order chi connectivity index (χ0) is 16.6. The second-order valence-electron chi connectivity index (χ2n) is 6.62. The topological polar surface area (TPSA) is 61.4 Å². The Morgan fingerprint density at radius 1 is 1.35 bits per heavy atom. The van der Waals surface area contributed by atoms with Gasteiger partial charge in [0.2, 0.25) is 5.91 Å². The van der Waals surface area contributed by atoms with E-state index in [0.717, 1.165) is 12.0 Å². The van der Waals surface area contributed by atoms with Crippen LogP contribution in [0.5, 0.6) is 0 Å². The lowest BCUT2D eigenvalue weighted by atomic mass is 10.0. The second kappa shape index (κ2) is 6.40. The Kier molecular flexibility index (Phi) is 4.48. The maximum Gasteiger partial charge on any atom is 0.315 e. The minimum absolute atomic E-state index is 0.0250. The average Bonchev–Trinajstić information content (AvgIpc) is 3.17. The largest absolute Gasteiger partial charge is 0.344 e. The number of carbonyl (C=O) groups is 2. The van der Waals surface area contributed by atoms with Crippen LogP contribution < -0.4 is 10.6 Å². The molecule has 6 heteroatoms. The highest BCUT2D eigenvalue weighted by atomic mass is 35.5. The fraction of sp³-hybridized carbons (Fsp3) is 0.529. The van der Waals surface area contributed by atoms with Crippen LogP contribution >= 0.6 is 11.6 Å². The number of nitrogens with one attached hydrogen (secondary N) is 2. The van der Waals surface area contributed by atoms with E-state index in [-0.39, 0.29) is 18.0 Å². The predicted octanol–water partition coefficient (Wildman–Crippen LogP) is 2.57. The molecule has 3 amide bonds. The number of nitrogens with zero attached hydrogens (tertiary/aromatic N) is 1. The molecule has 4 atom stereocenters. The maximum atomic E-state index is 12.3. The molecule has 0 radical (unpaired) electrons. The van der Waals surface area contributed by atoms with Gasteiger partial charge in [-0.15, -0.1) is 0 Å². The summed E-state index contributed by atoms with van der Waals surface area (Å²) in [5.41, 5.74) is 1.05. The van der Waals surface area contributed by atoms with Crippen LogP contribution in [0.2, 0.25) is 5.02 Å². The lowest BCUT2D eigenvalue weighted by molar-refractivity contribution is -0.128. The average molecular weight is 336 g/mol. The van der Waals surface area contributed by atoms with Gasteiger partial charge in [0.05, 0.1) is 6.04 Å². The van der Waals surface area contributed by atoms with Crippen molar-refractivity contribution in [2.24, 2.45) is 11.8 Å². The zero-order valence-corrected chi connectivity index (χ0v) is 14.1. The van der Waals surface area contributed by atoms with E-state index in [4.69, 9.17) is 11.6 Å². The number of likely N-dealkylation sites (N-methyl/N-ethyl adjacent to an activating group) is 1. The summed E-state index contributed by atoms with van der Waals surface area (Å²) >= 11 is 5.95. The summed E-state index contributed by atoms with van der Waals surface area (Å²) in [4.78, 5) is 25.9. The van der Waals surface area contributed by atoms with Gasteiger partial charge in [-0.25, -0.2) is 4.79 Å². The summed E-state index contributed by atoms with van der Waals surface area (Å²) in [6.07, 6.45) is 1.76. The number of amides is 3. The minimum atomic E-state index is -0.414. The Labute approximate surface area is 141 Å². The van der Waals surface area contributed by atoms with E-state index in [1.165, 1.54) is 0 Å². The summed E-state index contributed by atoms with van der Waals surface area (Å²) < 4.78 is 0.